The van der Waals surface area contributed by atoms with E-state index in [1.54, 1.807) is 5.82 Å². The molecule has 0 aromatic rings. The monoisotopic (exact) mass is 326 g/mol. The Kier molecular flexibility index (Phi) is 12.1. The summed E-state index contributed by atoms with van der Waals surface area (Å²) < 4.78 is 22.7. The van der Waals surface area contributed by atoms with Gasteiger partial charge in [0.25, 0.3) is 0 Å². The zero-order chi connectivity index (χ0) is 16.8. The summed E-state index contributed by atoms with van der Waals surface area (Å²) in [5.74, 6) is 1.74. The molecule has 0 aliphatic carbocycles. The van der Waals surface area contributed by atoms with Crippen molar-refractivity contribution in [3.63, 3.8) is 0 Å². The van der Waals surface area contributed by atoms with Crippen molar-refractivity contribution >= 4 is 7.60 Å². The molecule has 0 amide bonds. The lowest BCUT2D eigenvalue weighted by atomic mass is 10.1. The van der Waals surface area contributed by atoms with Gasteiger partial charge in [0.2, 0.25) is 0 Å². The second kappa shape index (κ2) is 12.6. The summed E-state index contributed by atoms with van der Waals surface area (Å²) in [7, 11) is -3.08. The fraction of sp³-hybridized carbons (Fsp3) is 0.556. The van der Waals surface area contributed by atoms with Crippen LogP contribution in [0.1, 0.15) is 47.5 Å². The molecule has 0 aromatic carbocycles. The first-order valence-corrected chi connectivity index (χ1v) is 9.61. The fourth-order valence-corrected chi connectivity index (χ4v) is 3.19. The van der Waals surface area contributed by atoms with Gasteiger partial charge in [0.05, 0.1) is 13.2 Å². The molecule has 0 fully saturated rings. The predicted octanol–water partition coefficient (Wildman–Crippen LogP) is 6.26. The van der Waals surface area contributed by atoms with Gasteiger partial charge in [-0.25, -0.2) is 0 Å². The van der Waals surface area contributed by atoms with Gasteiger partial charge in [-0.1, -0.05) is 49.0 Å². The van der Waals surface area contributed by atoms with E-state index in [-0.39, 0.29) is 5.92 Å². The van der Waals surface area contributed by atoms with Crippen LogP contribution in [0.2, 0.25) is 0 Å². The molecule has 0 rings (SSSR count). The van der Waals surface area contributed by atoms with Crippen molar-refractivity contribution in [3.8, 4) is 0 Å². The first-order chi connectivity index (χ1) is 10.5. The highest BCUT2D eigenvalue weighted by Crippen LogP contribution is 2.49. The lowest BCUT2D eigenvalue weighted by molar-refractivity contribution is 0.229. The normalized spacial score (nSPS) is 15.4. The quantitative estimate of drug-likeness (QED) is 0.255. The molecule has 0 aromatic heterocycles. The second-order valence-electron chi connectivity index (χ2n) is 5.08. The maximum absolute atomic E-state index is 12.3. The molecule has 4 heteroatoms. The van der Waals surface area contributed by atoms with E-state index < -0.39 is 7.60 Å². The number of rotatable bonds is 11. The summed E-state index contributed by atoms with van der Waals surface area (Å²) >= 11 is 0. The molecule has 126 valence electrons. The summed E-state index contributed by atoms with van der Waals surface area (Å²) in [6, 6.07) is 0. The maximum atomic E-state index is 12.3. The zero-order valence-electron chi connectivity index (χ0n) is 14.6. The van der Waals surface area contributed by atoms with Crippen LogP contribution >= 0.6 is 7.60 Å². The summed E-state index contributed by atoms with van der Waals surface area (Å²) in [6.45, 7) is 10.6. The van der Waals surface area contributed by atoms with Crippen LogP contribution in [0.5, 0.6) is 0 Å². The van der Waals surface area contributed by atoms with E-state index in [2.05, 4.69) is 31.2 Å². The summed E-state index contributed by atoms with van der Waals surface area (Å²) in [4.78, 5) is 0. The Morgan fingerprint density at radius 3 is 2.36 bits per heavy atom. The van der Waals surface area contributed by atoms with Crippen molar-refractivity contribution in [1.29, 1.82) is 0 Å². The molecular weight excluding hydrogens is 295 g/mol. The first-order valence-electron chi connectivity index (χ1n) is 8.00. The Bertz CT molecular complexity index is 437. The predicted molar refractivity (Wildman–Crippen MR) is 96.1 cm³/mol. The topological polar surface area (TPSA) is 35.5 Å². The Hall–Kier alpha value is -0.890. The average Bonchev–Trinajstić information content (AvgIpc) is 2.46. The molecule has 0 bridgehead atoms. The Balaban J connectivity index is 4.49. The van der Waals surface area contributed by atoms with Gasteiger partial charge in [-0.05, 0) is 46.5 Å². The third-order valence-corrected chi connectivity index (χ3v) is 4.70. The molecular formula is C18H31O3P. The van der Waals surface area contributed by atoms with Crippen LogP contribution in [0, 0.1) is 5.92 Å². The van der Waals surface area contributed by atoms with Crippen molar-refractivity contribution < 1.29 is 13.6 Å². The van der Waals surface area contributed by atoms with Gasteiger partial charge in [-0.2, -0.15) is 0 Å². The molecule has 0 saturated heterocycles. The lowest BCUT2D eigenvalue weighted by Crippen LogP contribution is -1.93. The van der Waals surface area contributed by atoms with Crippen LogP contribution < -0.4 is 0 Å². The minimum absolute atomic E-state index is 0.175. The molecule has 1 atom stereocenters. The van der Waals surface area contributed by atoms with E-state index in [4.69, 9.17) is 9.05 Å². The molecule has 0 saturated carbocycles. The van der Waals surface area contributed by atoms with Gasteiger partial charge in [0.1, 0.15) is 0 Å². The average molecular weight is 326 g/mol. The van der Waals surface area contributed by atoms with Crippen LogP contribution in [0.4, 0.5) is 0 Å². The van der Waals surface area contributed by atoms with Gasteiger partial charge < -0.3 is 9.05 Å². The molecule has 22 heavy (non-hydrogen) atoms. The Labute approximate surface area is 136 Å². The van der Waals surface area contributed by atoms with Crippen LogP contribution in [0.25, 0.3) is 0 Å². The summed E-state index contributed by atoms with van der Waals surface area (Å²) in [5.41, 5.74) is 1.35. The number of hydrogen-bond acceptors (Lipinski definition) is 3. The number of allylic oxidation sites excluding steroid dienone is 7. The third kappa shape index (κ3) is 10.8. The highest BCUT2D eigenvalue weighted by atomic mass is 31.2. The van der Waals surface area contributed by atoms with Crippen molar-refractivity contribution in [3.05, 3.63) is 47.8 Å². The molecule has 0 radical (unpaired) electrons. The summed E-state index contributed by atoms with van der Waals surface area (Å²) in [5, 5.41) is 0. The largest absolute Gasteiger partial charge is 0.353 e. The molecule has 1 unspecified atom stereocenters. The third-order valence-electron chi connectivity index (χ3n) is 2.93. The molecule has 0 N–H and O–H groups in total. The molecule has 3 nitrogen and oxygen atoms in total. The van der Waals surface area contributed by atoms with Gasteiger partial charge in [0.15, 0.2) is 0 Å². The van der Waals surface area contributed by atoms with Gasteiger partial charge >= 0.3 is 7.60 Å². The zero-order valence-corrected chi connectivity index (χ0v) is 15.5. The maximum Gasteiger partial charge on any atom is 0.353 e. The van der Waals surface area contributed by atoms with Crippen LogP contribution in [0.3, 0.4) is 0 Å². The van der Waals surface area contributed by atoms with E-state index in [0.717, 1.165) is 12.8 Å². The summed E-state index contributed by atoms with van der Waals surface area (Å²) in [6.07, 6.45) is 14.5. The standard InChI is InChI=1S/C18H31O3P/c1-6-9-10-12-17(4)13-11-14-18(5)15-16-22(19,20-7-2)21-8-3/h6,9,11,13-16,18H,7-8,10,12H2,1-5H3/b9-6-,14-11+,16-15+,17-13+. The van der Waals surface area contributed by atoms with Crippen molar-refractivity contribution in [2.45, 2.75) is 47.5 Å². The highest BCUT2D eigenvalue weighted by molar-refractivity contribution is 7.57. The molecule has 0 heterocycles. The first kappa shape index (κ1) is 21.1. The van der Waals surface area contributed by atoms with E-state index in [1.165, 1.54) is 5.57 Å². The molecule has 0 aliphatic heterocycles. The van der Waals surface area contributed by atoms with Crippen molar-refractivity contribution in [2.24, 2.45) is 5.92 Å². The SMILES string of the molecule is C/C=C\CC/C(C)=C/C=C/C(C)/C=C/P(=O)(OCC)OCC. The smallest absolute Gasteiger partial charge is 0.306 e. The van der Waals surface area contributed by atoms with Crippen molar-refractivity contribution in [1.82, 2.24) is 0 Å². The van der Waals surface area contributed by atoms with Gasteiger partial charge in [-0.15, -0.1) is 0 Å². The van der Waals surface area contributed by atoms with E-state index >= 15 is 0 Å². The minimum atomic E-state index is -3.08. The lowest BCUT2D eigenvalue weighted by Gasteiger charge is -2.13. The van der Waals surface area contributed by atoms with Crippen molar-refractivity contribution in [2.75, 3.05) is 13.2 Å². The van der Waals surface area contributed by atoms with E-state index in [1.807, 2.05) is 39.8 Å². The van der Waals surface area contributed by atoms with Gasteiger partial charge in [-0.3, -0.25) is 4.57 Å². The Morgan fingerprint density at radius 2 is 1.82 bits per heavy atom. The fourth-order valence-electron chi connectivity index (χ4n) is 1.74. The van der Waals surface area contributed by atoms with E-state index in [9.17, 15) is 4.57 Å². The Morgan fingerprint density at radius 1 is 1.18 bits per heavy atom. The highest BCUT2D eigenvalue weighted by Gasteiger charge is 2.18. The van der Waals surface area contributed by atoms with E-state index in [0.29, 0.717) is 13.2 Å². The van der Waals surface area contributed by atoms with Gasteiger partial charge in [0, 0.05) is 5.82 Å². The minimum Gasteiger partial charge on any atom is -0.306 e. The molecule has 0 spiro atoms. The molecule has 0 aliphatic rings. The number of hydrogen-bond donors (Lipinski definition) is 0. The van der Waals surface area contributed by atoms with Crippen LogP contribution in [0.15, 0.2) is 47.8 Å². The van der Waals surface area contributed by atoms with Crippen LogP contribution in [-0.2, 0) is 13.6 Å². The van der Waals surface area contributed by atoms with Crippen LogP contribution in [-0.4, -0.2) is 13.2 Å². The second-order valence-corrected chi connectivity index (χ2v) is 6.98.